The third-order valence-electron chi connectivity index (χ3n) is 3.50. The highest BCUT2D eigenvalue weighted by molar-refractivity contribution is 6.31. The van der Waals surface area contributed by atoms with Gasteiger partial charge in [0, 0.05) is 5.02 Å². The van der Waals surface area contributed by atoms with Crippen molar-refractivity contribution in [2.24, 2.45) is 0 Å². The van der Waals surface area contributed by atoms with Crippen LogP contribution in [0.3, 0.4) is 0 Å². The van der Waals surface area contributed by atoms with Gasteiger partial charge in [-0.15, -0.1) is 0 Å². The van der Waals surface area contributed by atoms with Crippen molar-refractivity contribution in [2.75, 3.05) is 13.1 Å². The van der Waals surface area contributed by atoms with E-state index < -0.39 is 0 Å². The van der Waals surface area contributed by atoms with Crippen LogP contribution in [0.1, 0.15) is 43.7 Å². The van der Waals surface area contributed by atoms with Crippen LogP contribution < -0.4 is 10.1 Å². The molecule has 0 unspecified atom stereocenters. The molecule has 0 radical (unpaired) electrons. The molecule has 0 saturated carbocycles. The molecule has 3 heteroatoms. The molecule has 0 atom stereocenters. The first-order valence-electron chi connectivity index (χ1n) is 6.75. The van der Waals surface area contributed by atoms with Crippen LogP contribution in [-0.2, 0) is 0 Å². The Labute approximate surface area is 115 Å². The third-order valence-corrected chi connectivity index (χ3v) is 3.82. The monoisotopic (exact) mass is 267 g/mol. The minimum atomic E-state index is 0.339. The minimum Gasteiger partial charge on any atom is -0.490 e. The van der Waals surface area contributed by atoms with E-state index in [4.69, 9.17) is 16.3 Å². The van der Waals surface area contributed by atoms with Gasteiger partial charge in [0.15, 0.2) is 0 Å². The topological polar surface area (TPSA) is 21.3 Å². The summed E-state index contributed by atoms with van der Waals surface area (Å²) >= 11 is 6.27. The van der Waals surface area contributed by atoms with Crippen molar-refractivity contribution in [2.45, 2.75) is 45.6 Å². The molecule has 1 heterocycles. The van der Waals surface area contributed by atoms with E-state index in [1.165, 1.54) is 5.56 Å². The Kier molecular flexibility index (Phi) is 4.52. The summed E-state index contributed by atoms with van der Waals surface area (Å²) in [5, 5.41) is 4.20. The van der Waals surface area contributed by atoms with E-state index in [9.17, 15) is 0 Å². The maximum atomic E-state index is 6.27. The molecule has 18 heavy (non-hydrogen) atoms. The zero-order valence-corrected chi connectivity index (χ0v) is 12.2. The smallest absolute Gasteiger partial charge is 0.123 e. The number of hydrogen-bond donors (Lipinski definition) is 1. The van der Waals surface area contributed by atoms with Crippen molar-refractivity contribution >= 4 is 11.6 Å². The summed E-state index contributed by atoms with van der Waals surface area (Å²) in [6.45, 7) is 8.48. The van der Waals surface area contributed by atoms with Crippen LogP contribution in [0.15, 0.2) is 12.1 Å². The van der Waals surface area contributed by atoms with Gasteiger partial charge in [-0.1, -0.05) is 25.4 Å². The lowest BCUT2D eigenvalue weighted by Crippen LogP contribution is -2.34. The van der Waals surface area contributed by atoms with Gasteiger partial charge in [0.25, 0.3) is 0 Å². The maximum Gasteiger partial charge on any atom is 0.123 e. The first-order valence-corrected chi connectivity index (χ1v) is 7.13. The van der Waals surface area contributed by atoms with Gasteiger partial charge in [0.1, 0.15) is 11.9 Å². The first kappa shape index (κ1) is 13.7. The van der Waals surface area contributed by atoms with Crippen LogP contribution in [0.5, 0.6) is 5.75 Å². The van der Waals surface area contributed by atoms with Gasteiger partial charge in [-0.2, -0.15) is 0 Å². The molecule has 1 aliphatic heterocycles. The predicted octanol–water partition coefficient (Wildman–Crippen LogP) is 3.90. The van der Waals surface area contributed by atoms with Crippen molar-refractivity contribution in [3.8, 4) is 5.75 Å². The predicted molar refractivity (Wildman–Crippen MR) is 76.8 cm³/mol. The Hall–Kier alpha value is -0.730. The summed E-state index contributed by atoms with van der Waals surface area (Å²) in [7, 11) is 0. The van der Waals surface area contributed by atoms with E-state index in [1.54, 1.807) is 0 Å². The van der Waals surface area contributed by atoms with Crippen LogP contribution in [-0.4, -0.2) is 19.2 Å². The maximum absolute atomic E-state index is 6.27. The number of rotatable bonds is 3. The van der Waals surface area contributed by atoms with Gasteiger partial charge in [-0.05, 0) is 62.0 Å². The fourth-order valence-corrected chi connectivity index (χ4v) is 2.77. The molecule has 1 saturated heterocycles. The number of piperidine rings is 1. The Bertz CT molecular complexity index is 411. The summed E-state index contributed by atoms with van der Waals surface area (Å²) in [5.41, 5.74) is 2.30. The molecular weight excluding hydrogens is 246 g/mol. The fraction of sp³-hybridized carbons (Fsp3) is 0.600. The second-order valence-electron chi connectivity index (χ2n) is 5.36. The Morgan fingerprint density at radius 1 is 1.28 bits per heavy atom. The first-order chi connectivity index (χ1) is 8.58. The molecule has 0 aliphatic carbocycles. The number of hydrogen-bond acceptors (Lipinski definition) is 2. The SMILES string of the molecule is Cc1cc(Cl)c(C(C)C)cc1OC1CCNCC1. The summed E-state index contributed by atoms with van der Waals surface area (Å²) < 4.78 is 6.13. The van der Waals surface area contributed by atoms with E-state index in [-0.39, 0.29) is 0 Å². The molecule has 0 spiro atoms. The Balaban J connectivity index is 2.18. The molecule has 1 N–H and O–H groups in total. The van der Waals surface area contributed by atoms with Crippen molar-refractivity contribution < 1.29 is 4.74 Å². The van der Waals surface area contributed by atoms with Crippen molar-refractivity contribution in [3.63, 3.8) is 0 Å². The number of nitrogens with one attached hydrogen (secondary N) is 1. The van der Waals surface area contributed by atoms with Crippen LogP contribution in [0, 0.1) is 6.92 Å². The number of ether oxygens (including phenoxy) is 1. The van der Waals surface area contributed by atoms with E-state index in [0.29, 0.717) is 12.0 Å². The number of benzene rings is 1. The zero-order chi connectivity index (χ0) is 13.1. The number of halogens is 1. The zero-order valence-electron chi connectivity index (χ0n) is 11.4. The van der Waals surface area contributed by atoms with E-state index in [0.717, 1.165) is 42.3 Å². The van der Waals surface area contributed by atoms with Crippen LogP contribution in [0.4, 0.5) is 0 Å². The van der Waals surface area contributed by atoms with Gasteiger partial charge in [-0.3, -0.25) is 0 Å². The Morgan fingerprint density at radius 2 is 1.94 bits per heavy atom. The molecule has 1 aromatic rings. The number of aryl methyl sites for hydroxylation is 1. The third kappa shape index (κ3) is 3.18. The highest BCUT2D eigenvalue weighted by Gasteiger charge is 2.17. The highest BCUT2D eigenvalue weighted by Crippen LogP contribution is 2.32. The lowest BCUT2D eigenvalue weighted by Gasteiger charge is -2.25. The summed E-state index contributed by atoms with van der Waals surface area (Å²) in [6, 6.07) is 4.14. The van der Waals surface area contributed by atoms with Gasteiger partial charge in [0.2, 0.25) is 0 Å². The molecule has 0 aromatic heterocycles. The molecule has 0 amide bonds. The van der Waals surface area contributed by atoms with Crippen molar-refractivity contribution in [3.05, 3.63) is 28.3 Å². The molecule has 0 bridgehead atoms. The lowest BCUT2D eigenvalue weighted by atomic mass is 10.0. The quantitative estimate of drug-likeness (QED) is 0.897. The minimum absolute atomic E-state index is 0.339. The molecule has 2 nitrogen and oxygen atoms in total. The molecule has 1 aliphatic rings. The van der Waals surface area contributed by atoms with E-state index >= 15 is 0 Å². The van der Waals surface area contributed by atoms with Gasteiger partial charge in [-0.25, -0.2) is 0 Å². The highest BCUT2D eigenvalue weighted by atomic mass is 35.5. The van der Waals surface area contributed by atoms with Crippen LogP contribution >= 0.6 is 11.6 Å². The van der Waals surface area contributed by atoms with Crippen LogP contribution in [0.25, 0.3) is 0 Å². The van der Waals surface area contributed by atoms with Crippen LogP contribution in [0.2, 0.25) is 5.02 Å². The average Bonchev–Trinajstić information content (AvgIpc) is 2.33. The summed E-state index contributed by atoms with van der Waals surface area (Å²) in [4.78, 5) is 0. The molecule has 1 aromatic carbocycles. The van der Waals surface area contributed by atoms with Gasteiger partial charge >= 0.3 is 0 Å². The fourth-order valence-electron chi connectivity index (χ4n) is 2.33. The lowest BCUT2D eigenvalue weighted by molar-refractivity contribution is 0.161. The normalized spacial score (nSPS) is 17.2. The standard InChI is InChI=1S/C15H22ClNO/c1-10(2)13-9-15(11(3)8-14(13)16)18-12-4-6-17-7-5-12/h8-10,12,17H,4-7H2,1-3H3. The average molecular weight is 268 g/mol. The Morgan fingerprint density at radius 3 is 2.56 bits per heavy atom. The van der Waals surface area contributed by atoms with E-state index in [2.05, 4.69) is 32.2 Å². The molecule has 1 fully saturated rings. The second kappa shape index (κ2) is 5.94. The molecule has 100 valence electrons. The van der Waals surface area contributed by atoms with Crippen molar-refractivity contribution in [1.29, 1.82) is 0 Å². The molecule has 2 rings (SSSR count). The second-order valence-corrected chi connectivity index (χ2v) is 5.77. The van der Waals surface area contributed by atoms with E-state index in [1.807, 2.05) is 6.07 Å². The summed E-state index contributed by atoms with van der Waals surface area (Å²) in [6.07, 6.45) is 2.50. The van der Waals surface area contributed by atoms with Gasteiger partial charge in [0.05, 0.1) is 0 Å². The summed E-state index contributed by atoms with van der Waals surface area (Å²) in [5.74, 6) is 1.42. The van der Waals surface area contributed by atoms with Crippen molar-refractivity contribution in [1.82, 2.24) is 5.32 Å². The van der Waals surface area contributed by atoms with Gasteiger partial charge < -0.3 is 10.1 Å². The molecular formula is C15H22ClNO. The largest absolute Gasteiger partial charge is 0.490 e.